The number of carboxylic acid groups (broad SMARTS) is 2. The third-order valence-electron chi connectivity index (χ3n) is 5.30. The third kappa shape index (κ3) is 20.9. The molecule has 2 N–H and O–H groups in total. The van der Waals surface area contributed by atoms with Gasteiger partial charge in [0.25, 0.3) is 0 Å². The van der Waals surface area contributed by atoms with Gasteiger partial charge in [-0.05, 0) is 57.3 Å². The highest BCUT2D eigenvalue weighted by Crippen LogP contribution is 2.18. The molecule has 0 aliphatic rings. The molecule has 0 amide bonds. The smallest absolute Gasteiger partial charge is 0.306 e. The maximum atomic E-state index is 10.9. The Morgan fingerprint density at radius 2 is 1.20 bits per heavy atom. The standard InChI is InChI=1S/C26H44O4/c1-23(22-24(2)26(29)30)20-18-16-14-12-10-8-6-4-3-5-7-9-11-13-15-17-19-21-25(27)28/h4-7,10,12,23-24H,3,8-9,11,13-22H2,1-2H3,(H,27,28)(H,29,30). The van der Waals surface area contributed by atoms with Crippen LogP contribution in [0.25, 0.3) is 0 Å². The van der Waals surface area contributed by atoms with E-state index in [-0.39, 0.29) is 5.92 Å². The number of carboxylic acids is 2. The van der Waals surface area contributed by atoms with Gasteiger partial charge in [0, 0.05) is 6.42 Å². The first kappa shape index (κ1) is 28.2. The molecule has 0 fully saturated rings. The van der Waals surface area contributed by atoms with Crippen molar-refractivity contribution in [3.8, 4) is 0 Å². The Kier molecular flexibility index (Phi) is 19.2. The molecule has 0 spiro atoms. The summed E-state index contributed by atoms with van der Waals surface area (Å²) >= 11 is 0. The quantitative estimate of drug-likeness (QED) is 0.157. The van der Waals surface area contributed by atoms with E-state index in [9.17, 15) is 9.59 Å². The Hall–Kier alpha value is -1.84. The summed E-state index contributed by atoms with van der Waals surface area (Å²) in [7, 11) is 0. The van der Waals surface area contributed by atoms with Gasteiger partial charge in [-0.1, -0.05) is 82.4 Å². The van der Waals surface area contributed by atoms with Crippen LogP contribution in [0.3, 0.4) is 0 Å². The van der Waals surface area contributed by atoms with Gasteiger partial charge in [0.15, 0.2) is 0 Å². The van der Waals surface area contributed by atoms with Crippen molar-refractivity contribution in [3.05, 3.63) is 36.5 Å². The van der Waals surface area contributed by atoms with Crippen LogP contribution in [0.1, 0.15) is 104 Å². The first-order valence-electron chi connectivity index (χ1n) is 11.8. The van der Waals surface area contributed by atoms with Crippen molar-refractivity contribution in [1.29, 1.82) is 0 Å². The first-order valence-corrected chi connectivity index (χ1v) is 11.8. The van der Waals surface area contributed by atoms with Gasteiger partial charge in [-0.25, -0.2) is 0 Å². The fraction of sp³-hybridized carbons (Fsp3) is 0.692. The summed E-state index contributed by atoms with van der Waals surface area (Å²) in [6, 6.07) is 0. The second-order valence-electron chi connectivity index (χ2n) is 8.45. The van der Waals surface area contributed by atoms with Gasteiger partial charge in [0.2, 0.25) is 0 Å². The molecular weight excluding hydrogens is 376 g/mol. The van der Waals surface area contributed by atoms with E-state index in [1.165, 1.54) is 25.7 Å². The zero-order chi connectivity index (χ0) is 22.5. The number of allylic oxidation sites excluding steroid dienone is 6. The van der Waals surface area contributed by atoms with Crippen molar-refractivity contribution >= 4 is 11.9 Å². The topological polar surface area (TPSA) is 74.6 Å². The van der Waals surface area contributed by atoms with Gasteiger partial charge < -0.3 is 10.2 Å². The molecule has 0 aromatic rings. The van der Waals surface area contributed by atoms with Crippen LogP contribution in [0.4, 0.5) is 0 Å². The lowest BCUT2D eigenvalue weighted by atomic mass is 9.93. The fourth-order valence-corrected chi connectivity index (χ4v) is 3.42. The van der Waals surface area contributed by atoms with Crippen LogP contribution in [-0.4, -0.2) is 22.2 Å². The molecule has 2 atom stereocenters. The van der Waals surface area contributed by atoms with Crippen LogP contribution in [0.2, 0.25) is 0 Å². The minimum absolute atomic E-state index is 0.233. The van der Waals surface area contributed by atoms with E-state index in [0.29, 0.717) is 12.3 Å². The Morgan fingerprint density at radius 1 is 0.700 bits per heavy atom. The second kappa shape index (κ2) is 20.4. The van der Waals surface area contributed by atoms with Crippen molar-refractivity contribution in [2.75, 3.05) is 0 Å². The van der Waals surface area contributed by atoms with Crippen LogP contribution >= 0.6 is 0 Å². The fourth-order valence-electron chi connectivity index (χ4n) is 3.42. The van der Waals surface area contributed by atoms with Gasteiger partial charge in [0.1, 0.15) is 0 Å². The van der Waals surface area contributed by atoms with Crippen molar-refractivity contribution in [2.24, 2.45) is 11.8 Å². The lowest BCUT2D eigenvalue weighted by Gasteiger charge is -2.13. The lowest BCUT2D eigenvalue weighted by molar-refractivity contribution is -0.141. The molecule has 0 heterocycles. The molecule has 0 aliphatic carbocycles. The molecule has 0 radical (unpaired) electrons. The normalized spacial score (nSPS) is 14.1. The Labute approximate surface area is 184 Å². The summed E-state index contributed by atoms with van der Waals surface area (Å²) < 4.78 is 0. The van der Waals surface area contributed by atoms with Crippen molar-refractivity contribution in [1.82, 2.24) is 0 Å². The number of unbranched alkanes of at least 4 members (excludes halogenated alkanes) is 7. The summed E-state index contributed by atoms with van der Waals surface area (Å²) in [4.78, 5) is 21.3. The van der Waals surface area contributed by atoms with Gasteiger partial charge in [-0.3, -0.25) is 9.59 Å². The van der Waals surface area contributed by atoms with Crippen LogP contribution in [0, 0.1) is 11.8 Å². The van der Waals surface area contributed by atoms with E-state index in [0.717, 1.165) is 57.8 Å². The summed E-state index contributed by atoms with van der Waals surface area (Å²) in [6.45, 7) is 3.94. The molecule has 2 unspecified atom stereocenters. The Morgan fingerprint density at radius 3 is 1.77 bits per heavy atom. The van der Waals surface area contributed by atoms with Gasteiger partial charge in [-0.2, -0.15) is 0 Å². The van der Waals surface area contributed by atoms with E-state index in [2.05, 4.69) is 43.4 Å². The first-order chi connectivity index (χ1) is 14.4. The highest BCUT2D eigenvalue weighted by Gasteiger charge is 2.14. The minimum atomic E-state index is -0.687. The number of carbonyl (C=O) groups is 2. The summed E-state index contributed by atoms with van der Waals surface area (Å²) in [5, 5.41) is 17.5. The molecule has 172 valence electrons. The predicted octanol–water partition coefficient (Wildman–Crippen LogP) is 7.56. The van der Waals surface area contributed by atoms with Crippen LogP contribution in [-0.2, 0) is 9.59 Å². The largest absolute Gasteiger partial charge is 0.481 e. The number of aliphatic carboxylic acids is 2. The van der Waals surface area contributed by atoms with Gasteiger partial charge >= 0.3 is 11.9 Å². The van der Waals surface area contributed by atoms with Crippen molar-refractivity contribution in [3.63, 3.8) is 0 Å². The zero-order valence-electron chi connectivity index (χ0n) is 19.2. The van der Waals surface area contributed by atoms with Crippen LogP contribution in [0.15, 0.2) is 36.5 Å². The molecule has 4 heteroatoms. The molecule has 30 heavy (non-hydrogen) atoms. The summed E-state index contributed by atoms with van der Waals surface area (Å²) in [5.41, 5.74) is 0. The zero-order valence-corrected chi connectivity index (χ0v) is 19.2. The maximum Gasteiger partial charge on any atom is 0.306 e. The molecule has 0 aromatic heterocycles. The van der Waals surface area contributed by atoms with Crippen molar-refractivity contribution in [2.45, 2.75) is 104 Å². The molecular formula is C26H44O4. The summed E-state index contributed by atoms with van der Waals surface area (Å²) in [5.74, 6) is -1.12. The molecule has 0 saturated carbocycles. The highest BCUT2D eigenvalue weighted by atomic mass is 16.4. The van der Waals surface area contributed by atoms with E-state index in [4.69, 9.17) is 10.2 Å². The van der Waals surface area contributed by atoms with E-state index >= 15 is 0 Å². The minimum Gasteiger partial charge on any atom is -0.481 e. The molecule has 0 saturated heterocycles. The number of rotatable bonds is 20. The molecule has 0 aliphatic heterocycles. The number of hydrogen-bond donors (Lipinski definition) is 2. The average molecular weight is 421 g/mol. The second-order valence-corrected chi connectivity index (χ2v) is 8.45. The summed E-state index contributed by atoms with van der Waals surface area (Å²) in [6.07, 6.45) is 27.4. The van der Waals surface area contributed by atoms with Gasteiger partial charge in [0.05, 0.1) is 5.92 Å². The molecule has 0 bridgehead atoms. The van der Waals surface area contributed by atoms with Crippen LogP contribution < -0.4 is 0 Å². The lowest BCUT2D eigenvalue weighted by Crippen LogP contribution is -2.13. The SMILES string of the molecule is CC(CCCCC=CCC=CCC=CCCCCCCCC(=O)O)CC(C)C(=O)O. The highest BCUT2D eigenvalue weighted by molar-refractivity contribution is 5.69. The average Bonchev–Trinajstić information content (AvgIpc) is 2.69. The monoisotopic (exact) mass is 420 g/mol. The predicted molar refractivity (Wildman–Crippen MR) is 126 cm³/mol. The third-order valence-corrected chi connectivity index (χ3v) is 5.30. The molecule has 0 rings (SSSR count). The van der Waals surface area contributed by atoms with Crippen molar-refractivity contribution < 1.29 is 19.8 Å². The maximum absolute atomic E-state index is 10.9. The van der Waals surface area contributed by atoms with E-state index in [1.807, 2.05) is 0 Å². The van der Waals surface area contributed by atoms with Gasteiger partial charge in [-0.15, -0.1) is 0 Å². The van der Waals surface area contributed by atoms with E-state index in [1.54, 1.807) is 6.92 Å². The Balaban J connectivity index is 3.45. The number of hydrogen-bond acceptors (Lipinski definition) is 2. The Bertz CT molecular complexity index is 519. The van der Waals surface area contributed by atoms with E-state index < -0.39 is 11.9 Å². The molecule has 4 nitrogen and oxygen atoms in total. The molecule has 0 aromatic carbocycles. The van der Waals surface area contributed by atoms with Crippen LogP contribution in [0.5, 0.6) is 0 Å².